The lowest BCUT2D eigenvalue weighted by molar-refractivity contribution is -0.137. The zero-order valence-corrected chi connectivity index (χ0v) is 9.48. The summed E-state index contributed by atoms with van der Waals surface area (Å²) < 4.78 is 36.9. The van der Waals surface area contributed by atoms with Gasteiger partial charge in [-0.05, 0) is 24.3 Å². The monoisotopic (exact) mass is 258 g/mol. The molecule has 6 heteroatoms. The zero-order chi connectivity index (χ0) is 12.3. The van der Waals surface area contributed by atoms with Crippen molar-refractivity contribution in [3.05, 3.63) is 46.4 Å². The molecule has 1 N–H and O–H groups in total. The van der Waals surface area contributed by atoms with E-state index in [1.165, 1.54) is 23.5 Å². The van der Waals surface area contributed by atoms with Gasteiger partial charge < -0.3 is 5.32 Å². The summed E-state index contributed by atoms with van der Waals surface area (Å²) in [6, 6.07) is 4.94. The van der Waals surface area contributed by atoms with Crippen LogP contribution in [0.15, 0.2) is 35.2 Å². The van der Waals surface area contributed by atoms with E-state index in [2.05, 4.69) is 10.3 Å². The predicted octanol–water partition coefficient (Wildman–Crippen LogP) is 3.77. The van der Waals surface area contributed by atoms with E-state index in [0.717, 1.165) is 17.8 Å². The van der Waals surface area contributed by atoms with Gasteiger partial charge in [-0.15, -0.1) is 11.3 Å². The molecule has 0 fully saturated rings. The molecule has 0 saturated carbocycles. The Morgan fingerprint density at radius 3 is 2.41 bits per heavy atom. The highest BCUT2D eigenvalue weighted by molar-refractivity contribution is 7.07. The largest absolute Gasteiger partial charge is 0.416 e. The van der Waals surface area contributed by atoms with Crippen molar-refractivity contribution in [3.63, 3.8) is 0 Å². The average molecular weight is 258 g/mol. The Hall–Kier alpha value is -1.56. The van der Waals surface area contributed by atoms with Gasteiger partial charge >= 0.3 is 6.18 Å². The zero-order valence-electron chi connectivity index (χ0n) is 8.66. The first-order valence-electron chi connectivity index (χ1n) is 4.84. The molecule has 0 aliphatic heterocycles. The molecule has 0 unspecified atom stereocenters. The van der Waals surface area contributed by atoms with Crippen molar-refractivity contribution in [2.45, 2.75) is 12.7 Å². The lowest BCUT2D eigenvalue weighted by Crippen LogP contribution is -2.05. The Bertz CT molecular complexity index is 462. The summed E-state index contributed by atoms with van der Waals surface area (Å²) in [6.45, 7) is 0.509. The molecule has 17 heavy (non-hydrogen) atoms. The van der Waals surface area contributed by atoms with Gasteiger partial charge in [0.25, 0.3) is 0 Å². The number of benzene rings is 1. The smallest absolute Gasteiger partial charge is 0.379 e. The first-order chi connectivity index (χ1) is 8.05. The number of nitrogens with one attached hydrogen (secondary N) is 1. The van der Waals surface area contributed by atoms with Gasteiger partial charge in [0.15, 0.2) is 0 Å². The lowest BCUT2D eigenvalue weighted by Gasteiger charge is -2.08. The molecular formula is C11H9F3N2S. The van der Waals surface area contributed by atoms with Crippen LogP contribution >= 0.6 is 11.3 Å². The third-order valence-corrected chi connectivity index (χ3v) is 2.80. The third-order valence-electron chi connectivity index (χ3n) is 2.17. The summed E-state index contributed by atoms with van der Waals surface area (Å²) in [4.78, 5) is 4.06. The molecule has 0 amide bonds. The van der Waals surface area contributed by atoms with Crippen LogP contribution < -0.4 is 5.32 Å². The number of aromatic nitrogens is 1. The van der Waals surface area contributed by atoms with Gasteiger partial charge in [0, 0.05) is 11.1 Å². The molecular weight excluding hydrogens is 249 g/mol. The van der Waals surface area contributed by atoms with E-state index in [1.807, 2.05) is 5.38 Å². The SMILES string of the molecule is FC(F)(F)c1ccc(NCc2cscn2)cc1. The maximum Gasteiger partial charge on any atom is 0.416 e. The maximum atomic E-state index is 12.3. The first-order valence-corrected chi connectivity index (χ1v) is 5.78. The van der Waals surface area contributed by atoms with Crippen LogP contribution in [0.3, 0.4) is 0 Å². The van der Waals surface area contributed by atoms with Gasteiger partial charge in [0.2, 0.25) is 0 Å². The van der Waals surface area contributed by atoms with E-state index in [1.54, 1.807) is 5.51 Å². The van der Waals surface area contributed by atoms with Crippen LogP contribution in [0.1, 0.15) is 11.3 Å². The summed E-state index contributed by atoms with van der Waals surface area (Å²) in [5.74, 6) is 0. The van der Waals surface area contributed by atoms with E-state index >= 15 is 0 Å². The van der Waals surface area contributed by atoms with Crippen molar-refractivity contribution in [2.24, 2.45) is 0 Å². The number of nitrogens with zero attached hydrogens (tertiary/aromatic N) is 1. The van der Waals surface area contributed by atoms with Crippen LogP contribution in [0.5, 0.6) is 0 Å². The molecule has 0 aliphatic carbocycles. The third kappa shape index (κ3) is 3.20. The minimum Gasteiger partial charge on any atom is -0.379 e. The number of anilines is 1. The summed E-state index contributed by atoms with van der Waals surface area (Å²) >= 11 is 1.48. The van der Waals surface area contributed by atoms with Crippen molar-refractivity contribution in [3.8, 4) is 0 Å². The molecule has 2 nitrogen and oxygen atoms in total. The van der Waals surface area contributed by atoms with Gasteiger partial charge in [0.05, 0.1) is 23.3 Å². The van der Waals surface area contributed by atoms with E-state index in [4.69, 9.17) is 0 Å². The molecule has 0 spiro atoms. The minimum absolute atomic E-state index is 0.509. The van der Waals surface area contributed by atoms with E-state index < -0.39 is 11.7 Å². The second-order valence-electron chi connectivity index (χ2n) is 3.41. The molecule has 0 bridgehead atoms. The van der Waals surface area contributed by atoms with E-state index in [0.29, 0.717) is 12.2 Å². The second-order valence-corrected chi connectivity index (χ2v) is 4.13. The van der Waals surface area contributed by atoms with Crippen molar-refractivity contribution in [1.29, 1.82) is 0 Å². The molecule has 1 aromatic heterocycles. The summed E-state index contributed by atoms with van der Waals surface area (Å²) in [5.41, 5.74) is 2.58. The summed E-state index contributed by atoms with van der Waals surface area (Å²) in [6.07, 6.45) is -4.28. The Morgan fingerprint density at radius 1 is 1.18 bits per heavy atom. The molecule has 0 aliphatic rings. The van der Waals surface area contributed by atoms with Crippen LogP contribution in [0.25, 0.3) is 0 Å². The van der Waals surface area contributed by atoms with Gasteiger partial charge in [-0.1, -0.05) is 0 Å². The van der Waals surface area contributed by atoms with Crippen molar-refractivity contribution in [1.82, 2.24) is 4.98 Å². The molecule has 1 heterocycles. The molecule has 0 saturated heterocycles. The second kappa shape index (κ2) is 4.75. The molecule has 2 rings (SSSR count). The highest BCUT2D eigenvalue weighted by atomic mass is 32.1. The average Bonchev–Trinajstić information content (AvgIpc) is 2.78. The number of hydrogen-bond acceptors (Lipinski definition) is 3. The minimum atomic E-state index is -4.28. The fourth-order valence-corrected chi connectivity index (χ4v) is 1.85. The van der Waals surface area contributed by atoms with Gasteiger partial charge in [-0.25, -0.2) is 4.98 Å². The predicted molar refractivity (Wildman–Crippen MR) is 60.9 cm³/mol. The van der Waals surface area contributed by atoms with Crippen LogP contribution in [0.2, 0.25) is 0 Å². The Balaban J connectivity index is 1.99. The molecule has 0 atom stereocenters. The number of rotatable bonds is 3. The normalized spacial score (nSPS) is 11.5. The number of hydrogen-bond donors (Lipinski definition) is 1. The topological polar surface area (TPSA) is 24.9 Å². The summed E-state index contributed by atoms with van der Waals surface area (Å²) in [5, 5.41) is 4.89. The van der Waals surface area contributed by atoms with Gasteiger partial charge in [-0.2, -0.15) is 13.2 Å². The molecule has 90 valence electrons. The fourth-order valence-electron chi connectivity index (χ4n) is 1.29. The number of halogens is 3. The lowest BCUT2D eigenvalue weighted by atomic mass is 10.2. The van der Waals surface area contributed by atoms with Gasteiger partial charge in [-0.3, -0.25) is 0 Å². The molecule has 0 radical (unpaired) electrons. The quantitative estimate of drug-likeness (QED) is 0.906. The Morgan fingerprint density at radius 2 is 1.88 bits per heavy atom. The summed E-state index contributed by atoms with van der Waals surface area (Å²) in [7, 11) is 0. The Kier molecular flexibility index (Phi) is 3.33. The fraction of sp³-hybridized carbons (Fsp3) is 0.182. The number of alkyl halides is 3. The van der Waals surface area contributed by atoms with Gasteiger partial charge in [0.1, 0.15) is 0 Å². The number of thiazole rings is 1. The highest BCUT2D eigenvalue weighted by Crippen LogP contribution is 2.29. The van der Waals surface area contributed by atoms with Crippen LogP contribution in [0.4, 0.5) is 18.9 Å². The van der Waals surface area contributed by atoms with Crippen molar-refractivity contribution in [2.75, 3.05) is 5.32 Å². The van der Waals surface area contributed by atoms with E-state index in [9.17, 15) is 13.2 Å². The standard InChI is InChI=1S/C11H9F3N2S/c12-11(13,14)8-1-3-9(4-2-8)15-5-10-6-17-7-16-10/h1-4,6-7,15H,5H2. The van der Waals surface area contributed by atoms with Crippen molar-refractivity contribution < 1.29 is 13.2 Å². The molecule has 2 aromatic rings. The van der Waals surface area contributed by atoms with Crippen LogP contribution in [0, 0.1) is 0 Å². The van der Waals surface area contributed by atoms with Crippen LogP contribution in [-0.4, -0.2) is 4.98 Å². The van der Waals surface area contributed by atoms with Crippen LogP contribution in [-0.2, 0) is 12.7 Å². The Labute approximate surface area is 100 Å². The van der Waals surface area contributed by atoms with E-state index in [-0.39, 0.29) is 0 Å². The molecule has 1 aromatic carbocycles. The first kappa shape index (κ1) is 11.9. The maximum absolute atomic E-state index is 12.3. The highest BCUT2D eigenvalue weighted by Gasteiger charge is 2.29. The van der Waals surface area contributed by atoms with Crippen molar-refractivity contribution >= 4 is 17.0 Å².